The van der Waals surface area contributed by atoms with Gasteiger partial charge in [0.05, 0.1) is 19.3 Å². The number of rotatable bonds is 12. The molecule has 5 rings (SSSR count). The Balaban J connectivity index is 1.42. The summed E-state index contributed by atoms with van der Waals surface area (Å²) in [6.45, 7) is 10.6. The summed E-state index contributed by atoms with van der Waals surface area (Å²) in [5, 5.41) is 14.0. The Morgan fingerprint density at radius 1 is 1.03 bits per heavy atom. The predicted molar refractivity (Wildman–Crippen MR) is 153 cm³/mol. The molecule has 4 aromatic rings. The quantitative estimate of drug-likeness (QED) is 0.300. The molecule has 9 heteroatoms. The number of hydrogen-bond acceptors (Lipinski definition) is 7. The van der Waals surface area contributed by atoms with Crippen LogP contribution in [0.2, 0.25) is 0 Å². The van der Waals surface area contributed by atoms with Crippen molar-refractivity contribution < 1.29 is 4.74 Å². The highest BCUT2D eigenvalue weighted by atomic mass is 16.5. The molecule has 0 aliphatic carbocycles. The Morgan fingerprint density at radius 2 is 1.85 bits per heavy atom. The lowest BCUT2D eigenvalue weighted by molar-refractivity contribution is 0.0291. The third-order valence-corrected chi connectivity index (χ3v) is 7.71. The van der Waals surface area contributed by atoms with Gasteiger partial charge >= 0.3 is 0 Å². The minimum absolute atomic E-state index is 0.0195. The normalized spacial score (nSPS) is 15.3. The minimum Gasteiger partial charge on any atom is -0.379 e. The summed E-state index contributed by atoms with van der Waals surface area (Å²) in [6.07, 6.45) is 2.65. The van der Waals surface area contributed by atoms with E-state index in [1.807, 2.05) is 16.8 Å². The van der Waals surface area contributed by atoms with E-state index in [9.17, 15) is 4.79 Å². The topological polar surface area (TPSA) is 92.2 Å². The van der Waals surface area contributed by atoms with Crippen molar-refractivity contribution in [3.8, 4) is 0 Å². The van der Waals surface area contributed by atoms with Crippen LogP contribution in [0.1, 0.15) is 48.8 Å². The predicted octanol–water partition coefficient (Wildman–Crippen LogP) is 3.61. The second kappa shape index (κ2) is 13.1. The Labute approximate surface area is 229 Å². The molecular formula is C30H39N7O2. The Bertz CT molecular complexity index is 1400. The molecule has 206 valence electrons. The van der Waals surface area contributed by atoms with Crippen LogP contribution < -0.4 is 5.56 Å². The molecule has 0 spiro atoms. The van der Waals surface area contributed by atoms with Crippen LogP contribution in [0.5, 0.6) is 0 Å². The van der Waals surface area contributed by atoms with Crippen LogP contribution >= 0.6 is 0 Å². The van der Waals surface area contributed by atoms with Gasteiger partial charge in [-0.15, -0.1) is 5.10 Å². The zero-order valence-corrected chi connectivity index (χ0v) is 23.1. The van der Waals surface area contributed by atoms with Crippen molar-refractivity contribution >= 4 is 10.9 Å². The van der Waals surface area contributed by atoms with Gasteiger partial charge in [0.15, 0.2) is 5.82 Å². The van der Waals surface area contributed by atoms with Gasteiger partial charge in [-0.3, -0.25) is 14.6 Å². The van der Waals surface area contributed by atoms with E-state index in [0.29, 0.717) is 13.1 Å². The van der Waals surface area contributed by atoms with Crippen LogP contribution in [0.4, 0.5) is 0 Å². The van der Waals surface area contributed by atoms with E-state index in [1.54, 1.807) is 0 Å². The van der Waals surface area contributed by atoms with E-state index in [2.05, 4.69) is 86.6 Å². The summed E-state index contributed by atoms with van der Waals surface area (Å²) < 4.78 is 7.49. The van der Waals surface area contributed by atoms with Crippen molar-refractivity contribution in [1.82, 2.24) is 35.0 Å². The average Bonchev–Trinajstić information content (AvgIpc) is 3.44. The fourth-order valence-corrected chi connectivity index (χ4v) is 5.39. The molecule has 1 saturated heterocycles. The molecule has 39 heavy (non-hydrogen) atoms. The molecule has 0 amide bonds. The third-order valence-electron chi connectivity index (χ3n) is 7.71. The zero-order valence-electron chi connectivity index (χ0n) is 23.1. The van der Waals surface area contributed by atoms with Crippen molar-refractivity contribution in [3.63, 3.8) is 0 Å². The number of aryl methyl sites for hydroxylation is 3. The number of morpholine rings is 1. The van der Waals surface area contributed by atoms with Crippen LogP contribution in [-0.2, 0) is 30.7 Å². The van der Waals surface area contributed by atoms with Crippen LogP contribution in [-0.4, -0.2) is 74.4 Å². The molecule has 2 aromatic carbocycles. The summed E-state index contributed by atoms with van der Waals surface area (Å²) in [4.78, 5) is 21.1. The Kier molecular flexibility index (Phi) is 9.13. The third kappa shape index (κ3) is 6.79. The van der Waals surface area contributed by atoms with Gasteiger partial charge in [-0.2, -0.15) is 0 Å². The average molecular weight is 530 g/mol. The molecule has 1 N–H and O–H groups in total. The van der Waals surface area contributed by atoms with Crippen LogP contribution in [0.15, 0.2) is 59.4 Å². The number of ether oxygens (including phenoxy) is 1. The number of H-pyrrole nitrogens is 1. The molecular weight excluding hydrogens is 490 g/mol. The largest absolute Gasteiger partial charge is 0.379 e. The van der Waals surface area contributed by atoms with Gasteiger partial charge in [-0.25, -0.2) is 4.68 Å². The van der Waals surface area contributed by atoms with Crippen molar-refractivity contribution in [2.75, 3.05) is 39.4 Å². The second-order valence-electron chi connectivity index (χ2n) is 10.2. The summed E-state index contributed by atoms with van der Waals surface area (Å²) in [6, 6.07) is 18.7. The fourth-order valence-electron chi connectivity index (χ4n) is 5.39. The van der Waals surface area contributed by atoms with Crippen molar-refractivity contribution in [1.29, 1.82) is 0 Å². The van der Waals surface area contributed by atoms with Crippen molar-refractivity contribution in [2.24, 2.45) is 0 Å². The number of pyridine rings is 1. The Hall–Kier alpha value is -3.40. The lowest BCUT2D eigenvalue weighted by Gasteiger charge is -2.33. The zero-order chi connectivity index (χ0) is 27.0. The summed E-state index contributed by atoms with van der Waals surface area (Å²) >= 11 is 0. The Morgan fingerprint density at radius 3 is 2.62 bits per heavy atom. The molecule has 1 fully saturated rings. The summed E-state index contributed by atoms with van der Waals surface area (Å²) in [5.41, 5.74) is 4.11. The van der Waals surface area contributed by atoms with E-state index >= 15 is 0 Å². The van der Waals surface area contributed by atoms with E-state index in [4.69, 9.17) is 4.74 Å². The maximum absolute atomic E-state index is 13.2. The van der Waals surface area contributed by atoms with Gasteiger partial charge in [-0.1, -0.05) is 50.2 Å². The van der Waals surface area contributed by atoms with E-state index < -0.39 is 0 Å². The number of hydrogen-bond donors (Lipinski definition) is 1. The second-order valence-corrected chi connectivity index (χ2v) is 10.2. The number of fused-ring (bicyclic) bond motifs is 1. The van der Waals surface area contributed by atoms with Crippen LogP contribution in [0.25, 0.3) is 10.9 Å². The van der Waals surface area contributed by atoms with E-state index in [0.717, 1.165) is 80.9 Å². The fraction of sp³-hybridized carbons (Fsp3) is 0.467. The molecule has 0 bridgehead atoms. The monoisotopic (exact) mass is 529 g/mol. The summed E-state index contributed by atoms with van der Waals surface area (Å²) in [7, 11) is 0. The standard InChI is InChI=1S/C30H39N7O2/c1-3-23-10-11-27-25(20-23)21-26(30(38)31-27)22-36(15-14-35-16-18-39-19-17-35)28(4-2)29-32-33-34-37(29)13-12-24-8-6-5-7-9-24/h5-11,20-21,28H,3-4,12-19,22H2,1-2H3,(H,31,38)/t28-/m1/s1. The van der Waals surface area contributed by atoms with Gasteiger partial charge in [0.25, 0.3) is 5.56 Å². The number of nitrogens with zero attached hydrogens (tertiary/aromatic N) is 6. The number of benzene rings is 2. The highest BCUT2D eigenvalue weighted by Gasteiger charge is 2.26. The molecule has 1 atom stereocenters. The van der Waals surface area contributed by atoms with Gasteiger partial charge in [-0.05, 0) is 64.4 Å². The molecule has 3 heterocycles. The number of aromatic nitrogens is 5. The minimum atomic E-state index is -0.0401. The lowest BCUT2D eigenvalue weighted by atomic mass is 10.1. The summed E-state index contributed by atoms with van der Waals surface area (Å²) in [5.74, 6) is 0.848. The van der Waals surface area contributed by atoms with Crippen molar-refractivity contribution in [2.45, 2.75) is 52.2 Å². The number of tetrazole rings is 1. The first-order chi connectivity index (χ1) is 19.1. The molecule has 1 aliphatic heterocycles. The number of aromatic amines is 1. The number of nitrogens with one attached hydrogen (secondary N) is 1. The lowest BCUT2D eigenvalue weighted by Crippen LogP contribution is -2.43. The van der Waals surface area contributed by atoms with Gasteiger partial charge in [0.1, 0.15) is 0 Å². The van der Waals surface area contributed by atoms with Gasteiger partial charge < -0.3 is 9.72 Å². The first-order valence-electron chi connectivity index (χ1n) is 14.1. The molecule has 0 unspecified atom stereocenters. The van der Waals surface area contributed by atoms with E-state index in [1.165, 1.54) is 11.1 Å². The smallest absolute Gasteiger partial charge is 0.252 e. The highest BCUT2D eigenvalue weighted by molar-refractivity contribution is 5.79. The van der Waals surface area contributed by atoms with Crippen LogP contribution in [0.3, 0.4) is 0 Å². The SMILES string of the molecule is CCc1ccc2[nH]c(=O)c(CN(CCN3CCOCC3)[C@H](CC)c3nnnn3CCc3ccccc3)cc2c1. The van der Waals surface area contributed by atoms with Gasteiger partial charge in [0, 0.05) is 50.3 Å². The van der Waals surface area contributed by atoms with Crippen molar-refractivity contribution in [3.05, 3.63) is 87.5 Å². The molecule has 0 saturated carbocycles. The molecule has 1 aliphatic rings. The van der Waals surface area contributed by atoms with Crippen LogP contribution in [0, 0.1) is 0 Å². The van der Waals surface area contributed by atoms with E-state index in [-0.39, 0.29) is 11.6 Å². The first-order valence-corrected chi connectivity index (χ1v) is 14.1. The molecule has 0 radical (unpaired) electrons. The molecule has 9 nitrogen and oxygen atoms in total. The molecule has 2 aromatic heterocycles. The highest BCUT2D eigenvalue weighted by Crippen LogP contribution is 2.25. The maximum atomic E-state index is 13.2. The maximum Gasteiger partial charge on any atom is 0.252 e. The van der Waals surface area contributed by atoms with Gasteiger partial charge in [0.2, 0.25) is 0 Å². The first kappa shape index (κ1) is 27.2.